The van der Waals surface area contributed by atoms with Crippen LogP contribution in [-0.4, -0.2) is 26.1 Å². The van der Waals surface area contributed by atoms with Crippen molar-refractivity contribution in [3.05, 3.63) is 75.4 Å². The molecule has 2 aromatic carbocycles. The Kier molecular flexibility index (Phi) is 4.17. The lowest BCUT2D eigenvalue weighted by atomic mass is 10.1. The molecule has 0 radical (unpaired) electrons. The van der Waals surface area contributed by atoms with E-state index in [-0.39, 0.29) is 11.2 Å². The molecule has 4 aromatic rings. The van der Waals surface area contributed by atoms with Gasteiger partial charge >= 0.3 is 0 Å². The second kappa shape index (κ2) is 6.65. The van der Waals surface area contributed by atoms with E-state index in [1.165, 1.54) is 17.1 Å². The molecule has 0 aliphatic carbocycles. The molecule has 0 aliphatic rings. The van der Waals surface area contributed by atoms with Crippen molar-refractivity contribution >= 4 is 34.2 Å². The predicted molar refractivity (Wildman–Crippen MR) is 99.3 cm³/mol. The van der Waals surface area contributed by atoms with Gasteiger partial charge in [-0.2, -0.15) is 0 Å². The van der Waals surface area contributed by atoms with Gasteiger partial charge in [0, 0.05) is 16.8 Å². The number of amides is 1. The van der Waals surface area contributed by atoms with Crippen molar-refractivity contribution < 1.29 is 9.21 Å². The van der Waals surface area contributed by atoms with E-state index < -0.39 is 5.91 Å². The van der Waals surface area contributed by atoms with Crippen molar-refractivity contribution in [2.45, 2.75) is 6.92 Å². The zero-order valence-electron chi connectivity index (χ0n) is 14.0. The minimum Gasteiger partial charge on any atom is -0.451 e. The van der Waals surface area contributed by atoms with E-state index in [0.717, 1.165) is 17.3 Å². The van der Waals surface area contributed by atoms with Crippen LogP contribution in [0.3, 0.4) is 0 Å². The first-order valence-corrected chi connectivity index (χ1v) is 8.28. The van der Waals surface area contributed by atoms with Gasteiger partial charge in [-0.25, -0.2) is 4.68 Å². The van der Waals surface area contributed by atoms with E-state index in [1.807, 2.05) is 0 Å². The maximum atomic E-state index is 12.5. The molecule has 0 bridgehead atoms. The van der Waals surface area contributed by atoms with Crippen LogP contribution < -0.4 is 10.7 Å². The fourth-order valence-corrected chi connectivity index (χ4v) is 2.72. The number of nitrogens with zero attached hydrogens (tertiary/aromatic N) is 4. The number of aryl methyl sites for hydroxylation is 1. The quantitative estimate of drug-likeness (QED) is 0.585. The van der Waals surface area contributed by atoms with Gasteiger partial charge in [0.2, 0.25) is 0 Å². The van der Waals surface area contributed by atoms with Gasteiger partial charge in [0.15, 0.2) is 11.2 Å². The molecule has 2 aromatic heterocycles. The monoisotopic (exact) mass is 381 g/mol. The summed E-state index contributed by atoms with van der Waals surface area (Å²) in [5.74, 6) is -0.615. The van der Waals surface area contributed by atoms with Crippen molar-refractivity contribution in [1.29, 1.82) is 0 Å². The molecule has 4 rings (SSSR count). The van der Waals surface area contributed by atoms with Crippen LogP contribution in [0.1, 0.15) is 16.1 Å². The smallest absolute Gasteiger partial charge is 0.291 e. The molecule has 1 N–H and O–H groups in total. The summed E-state index contributed by atoms with van der Waals surface area (Å²) in [6.07, 6.45) is 1.46. The summed E-state index contributed by atoms with van der Waals surface area (Å²) in [7, 11) is 0. The number of tetrazole rings is 1. The number of benzene rings is 2. The maximum absolute atomic E-state index is 12.5. The van der Waals surface area contributed by atoms with Gasteiger partial charge in [-0.05, 0) is 59.3 Å². The number of anilines is 1. The van der Waals surface area contributed by atoms with Crippen LogP contribution in [0.25, 0.3) is 16.7 Å². The average Bonchev–Trinajstić information content (AvgIpc) is 3.18. The van der Waals surface area contributed by atoms with Gasteiger partial charge in [-0.15, -0.1) is 5.10 Å². The number of rotatable bonds is 3. The Balaban J connectivity index is 1.61. The van der Waals surface area contributed by atoms with Gasteiger partial charge < -0.3 is 9.73 Å². The molecule has 0 fully saturated rings. The minimum atomic E-state index is -0.531. The Bertz CT molecular complexity index is 1200. The fourth-order valence-electron chi connectivity index (χ4n) is 2.56. The van der Waals surface area contributed by atoms with Crippen LogP contribution >= 0.6 is 11.6 Å². The Morgan fingerprint density at radius 3 is 2.67 bits per heavy atom. The predicted octanol–water partition coefficient (Wildman–Crippen LogP) is 2.98. The van der Waals surface area contributed by atoms with E-state index in [9.17, 15) is 9.59 Å². The minimum absolute atomic E-state index is 0.0845. The Morgan fingerprint density at radius 1 is 1.19 bits per heavy atom. The highest BCUT2D eigenvalue weighted by atomic mass is 35.5. The van der Waals surface area contributed by atoms with Crippen molar-refractivity contribution in [2.24, 2.45) is 0 Å². The van der Waals surface area contributed by atoms with Crippen molar-refractivity contribution in [3.63, 3.8) is 0 Å². The van der Waals surface area contributed by atoms with Crippen molar-refractivity contribution in [1.82, 2.24) is 20.2 Å². The standard InChI is InChI=1S/C18H12ClN5O3/c1-10-6-16-13(7-14(10)19)15(25)8-17(27-16)18(26)21-11-2-4-12(5-3-11)24-9-20-22-23-24/h2-9H,1H3,(H,21,26). The summed E-state index contributed by atoms with van der Waals surface area (Å²) >= 11 is 6.05. The molecular formula is C18H12ClN5O3. The summed E-state index contributed by atoms with van der Waals surface area (Å²) in [6.45, 7) is 1.79. The number of aromatic nitrogens is 4. The van der Waals surface area contributed by atoms with Gasteiger partial charge in [0.05, 0.1) is 11.1 Å². The first-order chi connectivity index (χ1) is 13.0. The number of carbonyl (C=O) groups excluding carboxylic acids is 1. The Labute approximate surface area is 157 Å². The highest BCUT2D eigenvalue weighted by Crippen LogP contribution is 2.22. The third-order valence-electron chi connectivity index (χ3n) is 3.97. The van der Waals surface area contributed by atoms with E-state index >= 15 is 0 Å². The molecule has 134 valence electrons. The molecule has 0 unspecified atom stereocenters. The molecule has 8 nitrogen and oxygen atoms in total. The van der Waals surface area contributed by atoms with Crippen molar-refractivity contribution in [2.75, 3.05) is 5.32 Å². The molecule has 0 saturated heterocycles. The van der Waals surface area contributed by atoms with Crippen LogP contribution in [-0.2, 0) is 0 Å². The second-order valence-corrected chi connectivity index (χ2v) is 6.24. The molecular weight excluding hydrogens is 370 g/mol. The van der Waals surface area contributed by atoms with Crippen LogP contribution in [0.4, 0.5) is 5.69 Å². The fraction of sp³-hybridized carbons (Fsp3) is 0.0556. The second-order valence-electron chi connectivity index (χ2n) is 5.83. The first kappa shape index (κ1) is 16.9. The summed E-state index contributed by atoms with van der Waals surface area (Å²) in [5, 5.41) is 14.4. The third kappa shape index (κ3) is 3.30. The van der Waals surface area contributed by atoms with Crippen LogP contribution in [0.5, 0.6) is 0 Å². The topological polar surface area (TPSA) is 103 Å². The van der Waals surface area contributed by atoms with Crippen LogP contribution in [0.2, 0.25) is 5.02 Å². The Hall–Kier alpha value is -3.52. The Morgan fingerprint density at radius 2 is 1.96 bits per heavy atom. The average molecular weight is 382 g/mol. The molecule has 0 atom stereocenters. The SMILES string of the molecule is Cc1cc2oc(C(=O)Nc3ccc(-n4cnnn4)cc3)cc(=O)c2cc1Cl. The summed E-state index contributed by atoms with van der Waals surface area (Å²) in [6, 6.07) is 11.2. The molecule has 2 heterocycles. The molecule has 0 saturated carbocycles. The summed E-state index contributed by atoms with van der Waals surface area (Å²) in [4.78, 5) is 24.7. The summed E-state index contributed by atoms with van der Waals surface area (Å²) < 4.78 is 7.08. The number of hydrogen-bond donors (Lipinski definition) is 1. The normalized spacial score (nSPS) is 10.9. The van der Waals surface area contributed by atoms with Gasteiger partial charge in [-0.1, -0.05) is 11.6 Å². The van der Waals surface area contributed by atoms with E-state index in [0.29, 0.717) is 21.7 Å². The van der Waals surface area contributed by atoms with Crippen LogP contribution in [0, 0.1) is 6.92 Å². The van der Waals surface area contributed by atoms with E-state index in [2.05, 4.69) is 20.8 Å². The van der Waals surface area contributed by atoms with Gasteiger partial charge in [-0.3, -0.25) is 9.59 Å². The number of fused-ring (bicyclic) bond motifs is 1. The molecule has 27 heavy (non-hydrogen) atoms. The highest BCUT2D eigenvalue weighted by Gasteiger charge is 2.14. The zero-order chi connectivity index (χ0) is 19.0. The lowest BCUT2D eigenvalue weighted by Gasteiger charge is -2.07. The number of hydrogen-bond acceptors (Lipinski definition) is 6. The third-order valence-corrected chi connectivity index (χ3v) is 4.38. The molecule has 9 heteroatoms. The molecule has 0 aliphatic heterocycles. The van der Waals surface area contributed by atoms with E-state index in [1.54, 1.807) is 37.3 Å². The molecule has 0 spiro atoms. The number of nitrogens with one attached hydrogen (secondary N) is 1. The van der Waals surface area contributed by atoms with Gasteiger partial charge in [0.25, 0.3) is 5.91 Å². The number of halogens is 1. The van der Waals surface area contributed by atoms with Crippen LogP contribution in [0.15, 0.2) is 58.0 Å². The highest BCUT2D eigenvalue weighted by molar-refractivity contribution is 6.32. The zero-order valence-corrected chi connectivity index (χ0v) is 14.8. The molecule has 1 amide bonds. The summed E-state index contributed by atoms with van der Waals surface area (Å²) in [5.41, 5.74) is 2.00. The van der Waals surface area contributed by atoms with Gasteiger partial charge in [0.1, 0.15) is 11.9 Å². The number of carbonyl (C=O) groups is 1. The lowest BCUT2D eigenvalue weighted by molar-refractivity contribution is 0.0997. The van der Waals surface area contributed by atoms with E-state index in [4.69, 9.17) is 16.0 Å². The van der Waals surface area contributed by atoms with Crippen molar-refractivity contribution in [3.8, 4) is 5.69 Å². The lowest BCUT2D eigenvalue weighted by Crippen LogP contribution is -2.15. The largest absolute Gasteiger partial charge is 0.451 e. The maximum Gasteiger partial charge on any atom is 0.291 e. The first-order valence-electron chi connectivity index (χ1n) is 7.90.